The highest BCUT2D eigenvalue weighted by Gasteiger charge is 2.08. The van der Waals surface area contributed by atoms with Gasteiger partial charge in [-0.3, -0.25) is 4.79 Å². The molecule has 21 heavy (non-hydrogen) atoms. The highest BCUT2D eigenvalue weighted by Crippen LogP contribution is 2.18. The first-order valence-electron chi connectivity index (χ1n) is 7.35. The molecule has 0 bridgehead atoms. The summed E-state index contributed by atoms with van der Waals surface area (Å²) in [6.45, 7) is 7.46. The molecule has 0 spiro atoms. The van der Waals surface area contributed by atoms with Crippen LogP contribution in [0.2, 0.25) is 0 Å². The molecule has 0 aromatic heterocycles. The number of nitrogens with zero attached hydrogens (tertiary/aromatic N) is 1. The second-order valence-corrected chi connectivity index (χ2v) is 5.09. The lowest BCUT2D eigenvalue weighted by Gasteiger charge is -2.20. The van der Waals surface area contributed by atoms with Crippen molar-refractivity contribution in [2.75, 3.05) is 45.3 Å². The average molecular weight is 293 g/mol. The van der Waals surface area contributed by atoms with Gasteiger partial charge in [0.1, 0.15) is 0 Å². The first-order chi connectivity index (χ1) is 10.1. The molecule has 0 unspecified atom stereocenters. The molecule has 1 rings (SSSR count). The summed E-state index contributed by atoms with van der Waals surface area (Å²) in [5, 5.41) is 6.15. The molecule has 1 amide bonds. The van der Waals surface area contributed by atoms with Crippen LogP contribution in [-0.4, -0.2) is 46.3 Å². The number of amides is 1. The smallest absolute Gasteiger partial charge is 0.239 e. The number of carbonyl (C=O) groups is 1. The topological polar surface area (TPSA) is 53.6 Å². The van der Waals surface area contributed by atoms with Crippen molar-refractivity contribution in [3.05, 3.63) is 29.3 Å². The Morgan fingerprint density at radius 2 is 2.14 bits per heavy atom. The highest BCUT2D eigenvalue weighted by atomic mass is 16.5. The van der Waals surface area contributed by atoms with Crippen LogP contribution in [-0.2, 0) is 16.1 Å². The van der Waals surface area contributed by atoms with Crippen LogP contribution in [0, 0.1) is 6.92 Å². The van der Waals surface area contributed by atoms with Gasteiger partial charge in [-0.05, 0) is 36.7 Å². The lowest BCUT2D eigenvalue weighted by Crippen LogP contribution is -2.36. The average Bonchev–Trinajstić information content (AvgIpc) is 2.46. The Labute approximate surface area is 127 Å². The molecule has 5 nitrogen and oxygen atoms in total. The highest BCUT2D eigenvalue weighted by molar-refractivity contribution is 5.81. The van der Waals surface area contributed by atoms with E-state index in [1.807, 2.05) is 11.9 Å². The first-order valence-corrected chi connectivity index (χ1v) is 7.35. The zero-order valence-corrected chi connectivity index (χ0v) is 13.5. The molecule has 118 valence electrons. The van der Waals surface area contributed by atoms with Crippen LogP contribution in [0.1, 0.15) is 18.1 Å². The standard InChI is InChI=1S/C16H27N3O2/c1-5-17-11-14-6-7-15(10-13(14)2)19(3)12-16(20)18-8-9-21-4/h6-7,10,17H,5,8-9,11-12H2,1-4H3,(H,18,20). The number of carbonyl (C=O) groups excluding carboxylic acids is 1. The van der Waals surface area contributed by atoms with Gasteiger partial charge in [0.25, 0.3) is 0 Å². The quantitative estimate of drug-likeness (QED) is 0.674. The summed E-state index contributed by atoms with van der Waals surface area (Å²) in [6, 6.07) is 6.30. The number of likely N-dealkylation sites (N-methyl/N-ethyl adjacent to an activating group) is 1. The fourth-order valence-electron chi connectivity index (χ4n) is 2.03. The maximum atomic E-state index is 11.8. The molecule has 0 aliphatic carbocycles. The van der Waals surface area contributed by atoms with Gasteiger partial charge in [-0.25, -0.2) is 0 Å². The van der Waals surface area contributed by atoms with E-state index in [1.54, 1.807) is 7.11 Å². The SMILES string of the molecule is CCNCc1ccc(N(C)CC(=O)NCCOC)cc1C. The van der Waals surface area contributed by atoms with Crippen molar-refractivity contribution in [3.8, 4) is 0 Å². The largest absolute Gasteiger partial charge is 0.383 e. The number of hydrogen-bond acceptors (Lipinski definition) is 4. The maximum Gasteiger partial charge on any atom is 0.239 e. The predicted octanol–water partition coefficient (Wildman–Crippen LogP) is 1.30. The van der Waals surface area contributed by atoms with Gasteiger partial charge in [-0.15, -0.1) is 0 Å². The van der Waals surface area contributed by atoms with Gasteiger partial charge >= 0.3 is 0 Å². The Kier molecular flexibility index (Phi) is 7.79. The van der Waals surface area contributed by atoms with Crippen molar-refractivity contribution in [1.29, 1.82) is 0 Å². The summed E-state index contributed by atoms with van der Waals surface area (Å²) < 4.78 is 4.91. The Morgan fingerprint density at radius 3 is 2.76 bits per heavy atom. The number of benzene rings is 1. The third-order valence-corrected chi connectivity index (χ3v) is 3.34. The molecule has 1 aromatic carbocycles. The zero-order valence-electron chi connectivity index (χ0n) is 13.5. The molecule has 0 saturated heterocycles. The Morgan fingerprint density at radius 1 is 1.38 bits per heavy atom. The zero-order chi connectivity index (χ0) is 15.7. The van der Waals surface area contributed by atoms with Crippen molar-refractivity contribution in [2.45, 2.75) is 20.4 Å². The number of hydrogen-bond donors (Lipinski definition) is 2. The van der Waals surface area contributed by atoms with Gasteiger partial charge < -0.3 is 20.3 Å². The van der Waals surface area contributed by atoms with Crippen molar-refractivity contribution in [1.82, 2.24) is 10.6 Å². The molecule has 0 aliphatic rings. The molecular weight excluding hydrogens is 266 g/mol. The van der Waals surface area contributed by atoms with Crippen LogP contribution in [0.15, 0.2) is 18.2 Å². The third kappa shape index (κ3) is 6.14. The fraction of sp³-hybridized carbons (Fsp3) is 0.562. The lowest BCUT2D eigenvalue weighted by molar-refractivity contribution is -0.119. The number of methoxy groups -OCH3 is 1. The van der Waals surface area contributed by atoms with Gasteiger partial charge in [0.15, 0.2) is 0 Å². The van der Waals surface area contributed by atoms with Crippen molar-refractivity contribution >= 4 is 11.6 Å². The van der Waals surface area contributed by atoms with Crippen LogP contribution in [0.25, 0.3) is 0 Å². The molecule has 0 radical (unpaired) electrons. The van der Waals surface area contributed by atoms with Gasteiger partial charge in [0.2, 0.25) is 5.91 Å². The minimum Gasteiger partial charge on any atom is -0.383 e. The molecule has 0 aliphatic heterocycles. The number of aryl methyl sites for hydroxylation is 1. The summed E-state index contributed by atoms with van der Waals surface area (Å²) in [4.78, 5) is 13.7. The number of ether oxygens (including phenoxy) is 1. The van der Waals surface area contributed by atoms with Crippen molar-refractivity contribution in [3.63, 3.8) is 0 Å². The summed E-state index contributed by atoms with van der Waals surface area (Å²) in [5.74, 6) is 0.00364. The summed E-state index contributed by atoms with van der Waals surface area (Å²) in [5.41, 5.74) is 3.58. The monoisotopic (exact) mass is 293 g/mol. The number of rotatable bonds is 9. The predicted molar refractivity (Wildman–Crippen MR) is 86.7 cm³/mol. The Hall–Kier alpha value is -1.59. The summed E-state index contributed by atoms with van der Waals surface area (Å²) in [6.07, 6.45) is 0. The van der Waals surface area contributed by atoms with E-state index in [2.05, 4.69) is 42.7 Å². The van der Waals surface area contributed by atoms with E-state index in [1.165, 1.54) is 11.1 Å². The van der Waals surface area contributed by atoms with Crippen LogP contribution in [0.3, 0.4) is 0 Å². The van der Waals surface area contributed by atoms with Gasteiger partial charge in [0.05, 0.1) is 13.2 Å². The summed E-state index contributed by atoms with van der Waals surface area (Å²) in [7, 11) is 3.55. The summed E-state index contributed by atoms with van der Waals surface area (Å²) >= 11 is 0. The van der Waals surface area contributed by atoms with E-state index in [0.29, 0.717) is 19.7 Å². The number of nitrogens with one attached hydrogen (secondary N) is 2. The van der Waals surface area contributed by atoms with Crippen LogP contribution >= 0.6 is 0 Å². The second kappa shape index (κ2) is 9.37. The van der Waals surface area contributed by atoms with E-state index < -0.39 is 0 Å². The van der Waals surface area contributed by atoms with Gasteiger partial charge in [-0.2, -0.15) is 0 Å². The van der Waals surface area contributed by atoms with Gasteiger partial charge in [-0.1, -0.05) is 13.0 Å². The molecule has 0 heterocycles. The molecule has 0 fully saturated rings. The van der Waals surface area contributed by atoms with Crippen LogP contribution in [0.5, 0.6) is 0 Å². The van der Waals surface area contributed by atoms with Crippen molar-refractivity contribution in [2.24, 2.45) is 0 Å². The van der Waals surface area contributed by atoms with Crippen molar-refractivity contribution < 1.29 is 9.53 Å². The van der Waals surface area contributed by atoms with E-state index in [9.17, 15) is 4.79 Å². The Balaban J connectivity index is 2.55. The maximum absolute atomic E-state index is 11.8. The normalized spacial score (nSPS) is 10.5. The molecule has 2 N–H and O–H groups in total. The number of anilines is 1. The fourth-order valence-corrected chi connectivity index (χ4v) is 2.03. The third-order valence-electron chi connectivity index (χ3n) is 3.34. The van der Waals surface area contributed by atoms with E-state index >= 15 is 0 Å². The molecule has 0 saturated carbocycles. The first kappa shape index (κ1) is 17.5. The van der Waals surface area contributed by atoms with Crippen LogP contribution in [0.4, 0.5) is 5.69 Å². The molecular formula is C16H27N3O2. The minimum atomic E-state index is 0.00364. The van der Waals surface area contributed by atoms with E-state index in [0.717, 1.165) is 18.8 Å². The molecule has 5 heteroatoms. The van der Waals surface area contributed by atoms with Gasteiger partial charge in [0, 0.05) is 32.9 Å². The second-order valence-electron chi connectivity index (χ2n) is 5.09. The van der Waals surface area contributed by atoms with Crippen LogP contribution < -0.4 is 15.5 Å². The van der Waals surface area contributed by atoms with E-state index in [4.69, 9.17) is 4.74 Å². The molecule has 1 aromatic rings. The Bertz CT molecular complexity index is 449. The van der Waals surface area contributed by atoms with E-state index in [-0.39, 0.29) is 5.91 Å². The molecule has 0 atom stereocenters. The lowest BCUT2D eigenvalue weighted by atomic mass is 10.1. The minimum absolute atomic E-state index is 0.00364.